The largest absolute Gasteiger partial charge is 0.347 e. The zero-order chi connectivity index (χ0) is 7.40. The molecule has 3 nitrogen and oxygen atoms in total. The predicted molar refractivity (Wildman–Crippen MR) is 43.5 cm³/mol. The highest BCUT2D eigenvalue weighted by atomic mass is 32.1. The summed E-state index contributed by atoms with van der Waals surface area (Å²) in [6, 6.07) is 0. The number of anilines is 1. The minimum absolute atomic E-state index is 1.01. The molecule has 1 aromatic rings. The molecule has 1 aromatic heterocycles. The van der Waals surface area contributed by atoms with Crippen LogP contribution in [0.5, 0.6) is 0 Å². The smallest absolute Gasteiger partial charge is 0.204 e. The molecule has 10 heavy (non-hydrogen) atoms. The van der Waals surface area contributed by atoms with E-state index in [0.717, 1.165) is 18.2 Å². The Morgan fingerprint density at radius 2 is 2.20 bits per heavy atom. The minimum atomic E-state index is 1.01. The number of rotatable bonds is 3. The third-order valence-corrected chi connectivity index (χ3v) is 2.11. The normalized spacial score (nSPS) is 9.80. The Labute approximate surface area is 64.9 Å². The molecular formula is C6H11N3S. The molecule has 0 saturated heterocycles. The summed E-state index contributed by atoms with van der Waals surface area (Å²) in [7, 11) is 0. The lowest BCUT2D eigenvalue weighted by Gasteiger charge is -2.15. The van der Waals surface area contributed by atoms with Gasteiger partial charge in [0.25, 0.3) is 0 Å². The predicted octanol–water partition coefficient (Wildman–Crippen LogP) is 1.38. The van der Waals surface area contributed by atoms with Gasteiger partial charge in [-0.2, -0.15) is 4.37 Å². The third kappa shape index (κ3) is 1.44. The Kier molecular flexibility index (Phi) is 2.62. The van der Waals surface area contributed by atoms with Crippen molar-refractivity contribution in [3.63, 3.8) is 0 Å². The standard InChI is InChI=1S/C6H11N3S/c1-3-9(4-2)6-7-5-8-10-6/h5H,3-4H2,1-2H3. The van der Waals surface area contributed by atoms with E-state index in [1.54, 1.807) is 6.33 Å². The Morgan fingerprint density at radius 3 is 2.60 bits per heavy atom. The van der Waals surface area contributed by atoms with Gasteiger partial charge in [0.15, 0.2) is 0 Å². The first-order chi connectivity index (χ1) is 4.88. The van der Waals surface area contributed by atoms with Crippen molar-refractivity contribution in [3.8, 4) is 0 Å². The number of hydrogen-bond acceptors (Lipinski definition) is 4. The van der Waals surface area contributed by atoms with Crippen LogP contribution in [-0.2, 0) is 0 Å². The lowest BCUT2D eigenvalue weighted by atomic mass is 10.6. The van der Waals surface area contributed by atoms with Crippen molar-refractivity contribution in [1.82, 2.24) is 9.36 Å². The van der Waals surface area contributed by atoms with Gasteiger partial charge in [-0.05, 0) is 13.8 Å². The van der Waals surface area contributed by atoms with E-state index >= 15 is 0 Å². The van der Waals surface area contributed by atoms with Crippen LogP contribution < -0.4 is 4.90 Å². The average molecular weight is 157 g/mol. The molecule has 0 aliphatic carbocycles. The van der Waals surface area contributed by atoms with E-state index in [4.69, 9.17) is 0 Å². The van der Waals surface area contributed by atoms with Crippen molar-refractivity contribution in [2.75, 3.05) is 18.0 Å². The van der Waals surface area contributed by atoms with E-state index in [1.807, 2.05) is 0 Å². The maximum absolute atomic E-state index is 4.09. The van der Waals surface area contributed by atoms with E-state index in [-0.39, 0.29) is 0 Å². The first-order valence-corrected chi connectivity index (χ1v) is 4.17. The number of hydrogen-bond donors (Lipinski definition) is 0. The summed E-state index contributed by atoms with van der Waals surface area (Å²) in [5.41, 5.74) is 0. The third-order valence-electron chi connectivity index (χ3n) is 1.38. The first-order valence-electron chi connectivity index (χ1n) is 3.40. The SMILES string of the molecule is CCN(CC)c1ncns1. The topological polar surface area (TPSA) is 29.0 Å². The molecule has 0 bridgehead atoms. The van der Waals surface area contributed by atoms with Crippen LogP contribution in [0, 0.1) is 0 Å². The molecule has 1 heterocycles. The van der Waals surface area contributed by atoms with Gasteiger partial charge >= 0.3 is 0 Å². The summed E-state index contributed by atoms with van der Waals surface area (Å²) in [4.78, 5) is 6.27. The molecule has 56 valence electrons. The molecule has 0 N–H and O–H groups in total. The van der Waals surface area contributed by atoms with Crippen molar-refractivity contribution in [2.45, 2.75) is 13.8 Å². The molecule has 1 rings (SSSR count). The van der Waals surface area contributed by atoms with Crippen LogP contribution in [0.4, 0.5) is 5.13 Å². The van der Waals surface area contributed by atoms with Gasteiger partial charge in [-0.25, -0.2) is 4.98 Å². The zero-order valence-electron chi connectivity index (χ0n) is 6.24. The van der Waals surface area contributed by atoms with Crippen molar-refractivity contribution in [1.29, 1.82) is 0 Å². The second-order valence-corrected chi connectivity index (χ2v) is 2.65. The Hall–Kier alpha value is -0.640. The molecule has 0 radical (unpaired) electrons. The molecule has 0 aromatic carbocycles. The van der Waals surface area contributed by atoms with Gasteiger partial charge in [0.1, 0.15) is 6.33 Å². The Bertz CT molecular complexity index is 169. The van der Waals surface area contributed by atoms with Crippen molar-refractivity contribution in [3.05, 3.63) is 6.33 Å². The van der Waals surface area contributed by atoms with E-state index in [1.165, 1.54) is 11.5 Å². The van der Waals surface area contributed by atoms with Gasteiger partial charge in [-0.3, -0.25) is 0 Å². The molecule has 0 saturated carbocycles. The quantitative estimate of drug-likeness (QED) is 0.664. The fourth-order valence-electron chi connectivity index (χ4n) is 0.801. The summed E-state index contributed by atoms with van der Waals surface area (Å²) < 4.78 is 3.93. The summed E-state index contributed by atoms with van der Waals surface area (Å²) >= 11 is 1.44. The van der Waals surface area contributed by atoms with Crippen LogP contribution in [0.25, 0.3) is 0 Å². The lowest BCUT2D eigenvalue weighted by molar-refractivity contribution is 0.860. The highest BCUT2D eigenvalue weighted by Gasteiger charge is 2.02. The fraction of sp³-hybridized carbons (Fsp3) is 0.667. The van der Waals surface area contributed by atoms with Crippen LogP contribution in [0.3, 0.4) is 0 Å². The van der Waals surface area contributed by atoms with Gasteiger partial charge in [-0.1, -0.05) is 0 Å². The summed E-state index contributed by atoms with van der Waals surface area (Å²) in [5.74, 6) is 0. The highest BCUT2D eigenvalue weighted by molar-refractivity contribution is 7.09. The summed E-state index contributed by atoms with van der Waals surface area (Å²) in [6.45, 7) is 6.24. The monoisotopic (exact) mass is 157 g/mol. The van der Waals surface area contributed by atoms with E-state index in [0.29, 0.717) is 0 Å². The minimum Gasteiger partial charge on any atom is -0.347 e. The number of aromatic nitrogens is 2. The van der Waals surface area contributed by atoms with Gasteiger partial charge in [0.05, 0.1) is 0 Å². The number of nitrogens with zero attached hydrogens (tertiary/aromatic N) is 3. The van der Waals surface area contributed by atoms with Crippen LogP contribution in [0.1, 0.15) is 13.8 Å². The zero-order valence-corrected chi connectivity index (χ0v) is 7.06. The molecule has 4 heteroatoms. The summed E-state index contributed by atoms with van der Waals surface area (Å²) in [6.07, 6.45) is 1.60. The van der Waals surface area contributed by atoms with Crippen LogP contribution >= 0.6 is 11.5 Å². The van der Waals surface area contributed by atoms with Gasteiger partial charge < -0.3 is 4.90 Å². The van der Waals surface area contributed by atoms with Crippen molar-refractivity contribution >= 4 is 16.7 Å². The lowest BCUT2D eigenvalue weighted by Crippen LogP contribution is -2.21. The second kappa shape index (κ2) is 3.51. The molecule has 0 aliphatic rings. The van der Waals surface area contributed by atoms with Gasteiger partial charge in [0.2, 0.25) is 5.13 Å². The van der Waals surface area contributed by atoms with E-state index in [2.05, 4.69) is 28.1 Å². The van der Waals surface area contributed by atoms with E-state index in [9.17, 15) is 0 Å². The Balaban J connectivity index is 2.64. The molecule has 0 fully saturated rings. The summed E-state index contributed by atoms with van der Waals surface area (Å²) in [5, 5.41) is 1.02. The highest BCUT2D eigenvalue weighted by Crippen LogP contribution is 2.12. The van der Waals surface area contributed by atoms with Crippen LogP contribution in [0.2, 0.25) is 0 Å². The average Bonchev–Trinajstić information content (AvgIpc) is 2.43. The van der Waals surface area contributed by atoms with Crippen LogP contribution in [-0.4, -0.2) is 22.4 Å². The Morgan fingerprint density at radius 1 is 1.50 bits per heavy atom. The van der Waals surface area contributed by atoms with Crippen molar-refractivity contribution < 1.29 is 0 Å². The van der Waals surface area contributed by atoms with Crippen LogP contribution in [0.15, 0.2) is 6.33 Å². The van der Waals surface area contributed by atoms with Gasteiger partial charge in [0, 0.05) is 24.6 Å². The molecule has 0 spiro atoms. The molecular weight excluding hydrogens is 146 g/mol. The molecule has 0 amide bonds. The maximum Gasteiger partial charge on any atom is 0.204 e. The fourth-order valence-corrected chi connectivity index (χ4v) is 1.46. The molecule has 0 atom stereocenters. The molecule has 0 aliphatic heterocycles. The molecule has 0 unspecified atom stereocenters. The first kappa shape index (κ1) is 7.47. The van der Waals surface area contributed by atoms with Gasteiger partial charge in [-0.15, -0.1) is 0 Å². The second-order valence-electron chi connectivity index (χ2n) is 1.90. The van der Waals surface area contributed by atoms with E-state index < -0.39 is 0 Å². The maximum atomic E-state index is 4.09. The van der Waals surface area contributed by atoms with Crippen molar-refractivity contribution in [2.24, 2.45) is 0 Å².